The van der Waals surface area contributed by atoms with Crippen LogP contribution in [-0.4, -0.2) is 115 Å². The average molecular weight is 803 g/mol. The number of nitro benzene ring substituents is 1. The molecule has 0 unspecified atom stereocenters. The lowest BCUT2D eigenvalue weighted by Gasteiger charge is -2.35. The number of ether oxygens (including phenoxy) is 2. The van der Waals surface area contributed by atoms with Gasteiger partial charge in [0.2, 0.25) is 0 Å². The first-order valence-electron chi connectivity index (χ1n) is 20.1. The van der Waals surface area contributed by atoms with Crippen LogP contribution in [0.15, 0.2) is 83.5 Å². The molecule has 16 heteroatoms. The Morgan fingerprint density at radius 3 is 1.66 bits per heavy atom. The summed E-state index contributed by atoms with van der Waals surface area (Å²) in [7, 11) is 0. The number of nitriles is 2. The van der Waals surface area contributed by atoms with Crippen LogP contribution < -0.4 is 15.1 Å². The normalized spacial score (nSPS) is 16.6. The molecule has 3 aliphatic rings. The van der Waals surface area contributed by atoms with Crippen LogP contribution in [0.4, 0.5) is 17.3 Å². The molecule has 0 spiro atoms. The largest absolute Gasteiger partial charge is 0.462 e. The molecule has 0 aliphatic carbocycles. The van der Waals surface area contributed by atoms with Crippen LogP contribution in [-0.2, 0) is 19.1 Å². The van der Waals surface area contributed by atoms with Gasteiger partial charge in [-0.3, -0.25) is 19.9 Å². The van der Waals surface area contributed by atoms with E-state index in [0.29, 0.717) is 52.6 Å². The van der Waals surface area contributed by atoms with Crippen molar-refractivity contribution in [3.63, 3.8) is 0 Å². The third-order valence-electron chi connectivity index (χ3n) is 11.0. The zero-order chi connectivity index (χ0) is 41.7. The van der Waals surface area contributed by atoms with Crippen molar-refractivity contribution in [1.82, 2.24) is 25.1 Å². The first kappa shape index (κ1) is 42.3. The first-order chi connectivity index (χ1) is 28.7. The minimum Gasteiger partial charge on any atom is -0.462 e. The van der Waals surface area contributed by atoms with Gasteiger partial charge in [-0.2, -0.15) is 10.5 Å². The molecule has 5 heterocycles. The number of pyridine rings is 2. The van der Waals surface area contributed by atoms with Gasteiger partial charge < -0.3 is 24.6 Å². The molecular formula is C43H50N10O6. The van der Waals surface area contributed by atoms with E-state index in [1.165, 1.54) is 12.1 Å². The van der Waals surface area contributed by atoms with Crippen LogP contribution in [0.5, 0.6) is 0 Å². The summed E-state index contributed by atoms with van der Waals surface area (Å²) in [5, 5.41) is 33.9. The second-order valence-corrected chi connectivity index (χ2v) is 14.8. The van der Waals surface area contributed by atoms with Gasteiger partial charge in [0.05, 0.1) is 46.3 Å². The molecule has 1 aromatic carbocycles. The zero-order valence-corrected chi connectivity index (χ0v) is 33.6. The van der Waals surface area contributed by atoms with Gasteiger partial charge in [0.25, 0.3) is 5.69 Å². The molecule has 2 saturated heterocycles. The number of nitrogens with zero attached hydrogens (tertiary/aromatic N) is 9. The molecule has 3 aromatic rings. The van der Waals surface area contributed by atoms with Crippen LogP contribution in [0.25, 0.3) is 0 Å². The fourth-order valence-electron chi connectivity index (χ4n) is 7.89. The van der Waals surface area contributed by atoms with Gasteiger partial charge in [-0.1, -0.05) is 12.1 Å². The maximum atomic E-state index is 13.9. The lowest BCUT2D eigenvalue weighted by Crippen LogP contribution is -2.47. The van der Waals surface area contributed by atoms with Crippen molar-refractivity contribution < 1.29 is 24.0 Å². The summed E-state index contributed by atoms with van der Waals surface area (Å²) >= 11 is 0. The second-order valence-electron chi connectivity index (χ2n) is 14.8. The smallest absolute Gasteiger partial charge is 0.336 e. The predicted octanol–water partition coefficient (Wildman–Crippen LogP) is 4.65. The van der Waals surface area contributed by atoms with E-state index in [-0.39, 0.29) is 30.0 Å². The number of non-ortho nitro benzene ring substituents is 1. The van der Waals surface area contributed by atoms with Crippen molar-refractivity contribution in [2.75, 3.05) is 88.5 Å². The highest BCUT2D eigenvalue weighted by atomic mass is 16.6. The molecular weight excluding hydrogens is 753 g/mol. The summed E-state index contributed by atoms with van der Waals surface area (Å²) < 4.78 is 11.6. The van der Waals surface area contributed by atoms with Crippen LogP contribution in [0, 0.1) is 32.8 Å². The maximum Gasteiger partial charge on any atom is 0.336 e. The van der Waals surface area contributed by atoms with Crippen molar-refractivity contribution >= 4 is 29.3 Å². The van der Waals surface area contributed by atoms with Crippen molar-refractivity contribution in [3.05, 3.63) is 110 Å². The molecule has 0 radical (unpaired) electrons. The quantitative estimate of drug-likeness (QED) is 0.0909. The van der Waals surface area contributed by atoms with Crippen LogP contribution in [0.1, 0.15) is 62.1 Å². The van der Waals surface area contributed by atoms with Gasteiger partial charge in [-0.15, -0.1) is 0 Å². The van der Waals surface area contributed by atoms with Crippen molar-refractivity contribution in [1.29, 1.82) is 10.5 Å². The minimum absolute atomic E-state index is 0.158. The number of piperazine rings is 2. The molecule has 0 atom stereocenters. The number of unbranched alkanes of at least 4 members (excludes halogenated alkanes) is 2. The van der Waals surface area contributed by atoms with E-state index >= 15 is 0 Å². The van der Waals surface area contributed by atoms with Gasteiger partial charge in [-0.25, -0.2) is 19.6 Å². The SMILES string of the molecule is CC1=C(C(=O)OCCCCN2CCN(c3ncccc3C#N)CC2)C(c2cccc([N+](=O)[O-])c2)C(C(=O)OCCCCN2CCN(c3ncccc3C#N)CC2)=C(C)N1. The average Bonchev–Trinajstić information content (AvgIpc) is 3.26. The van der Waals surface area contributed by atoms with Gasteiger partial charge in [0, 0.05) is 88.3 Å². The Balaban J connectivity index is 1.00. The Morgan fingerprint density at radius 2 is 1.22 bits per heavy atom. The molecule has 2 fully saturated rings. The summed E-state index contributed by atoms with van der Waals surface area (Å²) in [5.74, 6) is -0.721. The summed E-state index contributed by atoms with van der Waals surface area (Å²) in [6, 6.07) is 17.5. The fraction of sp³-hybridized carbons (Fsp3) is 0.442. The molecule has 3 aliphatic heterocycles. The summed E-state index contributed by atoms with van der Waals surface area (Å²) in [5.41, 5.74) is 2.80. The number of aromatic nitrogens is 2. The third kappa shape index (κ3) is 10.6. The van der Waals surface area contributed by atoms with E-state index in [1.807, 2.05) is 0 Å². The number of benzene rings is 1. The summed E-state index contributed by atoms with van der Waals surface area (Å²) in [6.45, 7) is 11.8. The number of anilines is 2. The van der Waals surface area contributed by atoms with Gasteiger partial charge >= 0.3 is 11.9 Å². The van der Waals surface area contributed by atoms with Gasteiger partial charge in [-0.05, 0) is 82.4 Å². The molecule has 0 bridgehead atoms. The number of hydrogen-bond acceptors (Lipinski definition) is 15. The van der Waals surface area contributed by atoms with Gasteiger partial charge in [0.1, 0.15) is 23.8 Å². The number of rotatable bonds is 16. The number of carbonyl (C=O) groups is 2. The Hall–Kier alpha value is -6.36. The van der Waals surface area contributed by atoms with E-state index in [9.17, 15) is 30.2 Å². The highest BCUT2D eigenvalue weighted by Crippen LogP contribution is 2.40. The number of nitrogens with one attached hydrogen (secondary N) is 1. The Bertz CT molecular complexity index is 2020. The zero-order valence-electron chi connectivity index (χ0n) is 33.6. The summed E-state index contributed by atoms with van der Waals surface area (Å²) in [4.78, 5) is 56.8. The molecule has 0 saturated carbocycles. The number of esters is 2. The van der Waals surface area contributed by atoms with E-state index in [4.69, 9.17) is 9.47 Å². The Kier molecular flexibility index (Phi) is 14.6. The van der Waals surface area contributed by atoms with Crippen molar-refractivity contribution in [3.8, 4) is 12.1 Å². The predicted molar refractivity (Wildman–Crippen MR) is 220 cm³/mol. The first-order valence-corrected chi connectivity index (χ1v) is 20.1. The van der Waals surface area contributed by atoms with E-state index in [1.54, 1.807) is 62.6 Å². The molecule has 0 amide bonds. The molecule has 16 nitrogen and oxygen atoms in total. The van der Waals surface area contributed by atoms with Crippen LogP contribution in [0.3, 0.4) is 0 Å². The topological polar surface area (TPSA) is 194 Å². The number of allylic oxidation sites excluding steroid dienone is 2. The minimum atomic E-state index is -0.940. The molecule has 59 heavy (non-hydrogen) atoms. The van der Waals surface area contributed by atoms with Crippen LogP contribution >= 0.6 is 0 Å². The lowest BCUT2D eigenvalue weighted by atomic mass is 9.80. The highest BCUT2D eigenvalue weighted by Gasteiger charge is 2.38. The fourth-order valence-corrected chi connectivity index (χ4v) is 7.89. The van der Waals surface area contributed by atoms with Crippen molar-refractivity contribution in [2.45, 2.75) is 45.4 Å². The standard InChI is InChI=1S/C43H50N10O6/c1-31-37(42(54)58-26-5-3-16-49-18-22-51(23-19-49)40-34(29-44)11-8-14-46-40)39(33-10-7-13-36(28-33)53(56)57)38(32(2)48-31)43(55)59-27-6-4-17-50-20-24-52(25-21-50)41-35(30-45)12-9-15-47-41/h7-15,28,39,48H,3-6,16-27H2,1-2H3. The third-order valence-corrected chi connectivity index (χ3v) is 11.0. The number of nitro groups is 1. The molecule has 1 N–H and O–H groups in total. The van der Waals surface area contributed by atoms with E-state index in [0.717, 1.165) is 78.3 Å². The van der Waals surface area contributed by atoms with E-state index in [2.05, 4.69) is 47.0 Å². The Morgan fingerprint density at radius 1 is 0.746 bits per heavy atom. The molecule has 308 valence electrons. The highest BCUT2D eigenvalue weighted by molar-refractivity contribution is 6.00. The van der Waals surface area contributed by atoms with Crippen molar-refractivity contribution in [2.24, 2.45) is 0 Å². The van der Waals surface area contributed by atoms with E-state index < -0.39 is 22.8 Å². The molecule has 2 aromatic heterocycles. The van der Waals surface area contributed by atoms with Gasteiger partial charge in [0.15, 0.2) is 0 Å². The number of dihydropyridines is 1. The lowest BCUT2D eigenvalue weighted by molar-refractivity contribution is -0.384. The second kappa shape index (κ2) is 20.4. The monoisotopic (exact) mass is 802 g/mol. The molecule has 6 rings (SSSR count). The van der Waals surface area contributed by atoms with Crippen LogP contribution in [0.2, 0.25) is 0 Å². The Labute approximate surface area is 344 Å². The number of hydrogen-bond donors (Lipinski definition) is 1. The maximum absolute atomic E-state index is 13.9. The summed E-state index contributed by atoms with van der Waals surface area (Å²) in [6.07, 6.45) is 6.24. The number of carbonyl (C=O) groups excluding carboxylic acids is 2.